The molecule has 98 valence electrons. The zero-order valence-corrected chi connectivity index (χ0v) is 10.5. The van der Waals surface area contributed by atoms with Crippen LogP contribution in [0.1, 0.15) is 19.2 Å². The van der Waals surface area contributed by atoms with E-state index in [1.807, 2.05) is 11.9 Å². The van der Waals surface area contributed by atoms with Crippen LogP contribution in [0, 0.1) is 0 Å². The maximum absolute atomic E-state index is 9.21. The standard InChI is InChI=1S/C12H17N3O3/c1-9(16)3-5-15(2)7-11-13-12(14-18-11)10-4-6-17-8-10/h4,6,8-9,16H,3,5,7H2,1-2H3. The van der Waals surface area contributed by atoms with E-state index >= 15 is 0 Å². The van der Waals surface area contributed by atoms with E-state index in [9.17, 15) is 5.11 Å². The van der Waals surface area contributed by atoms with Crippen LogP contribution in [-0.4, -0.2) is 39.8 Å². The molecule has 0 bridgehead atoms. The molecule has 0 aliphatic carbocycles. The fourth-order valence-corrected chi connectivity index (χ4v) is 1.55. The van der Waals surface area contributed by atoms with Gasteiger partial charge < -0.3 is 14.0 Å². The fourth-order valence-electron chi connectivity index (χ4n) is 1.55. The topological polar surface area (TPSA) is 75.5 Å². The molecule has 0 saturated carbocycles. The molecule has 2 aromatic heterocycles. The lowest BCUT2D eigenvalue weighted by Crippen LogP contribution is -2.22. The van der Waals surface area contributed by atoms with Crippen LogP contribution in [0.2, 0.25) is 0 Å². The number of aliphatic hydroxyl groups is 1. The highest BCUT2D eigenvalue weighted by molar-refractivity contribution is 5.51. The zero-order valence-electron chi connectivity index (χ0n) is 10.5. The largest absolute Gasteiger partial charge is 0.472 e. The van der Waals surface area contributed by atoms with Gasteiger partial charge in [0, 0.05) is 6.54 Å². The first-order valence-corrected chi connectivity index (χ1v) is 5.87. The van der Waals surface area contributed by atoms with Gasteiger partial charge in [-0.05, 0) is 26.5 Å². The minimum absolute atomic E-state index is 0.295. The molecule has 18 heavy (non-hydrogen) atoms. The Bertz CT molecular complexity index is 465. The Kier molecular flexibility index (Phi) is 4.11. The number of hydrogen-bond acceptors (Lipinski definition) is 6. The normalized spacial score (nSPS) is 13.1. The van der Waals surface area contributed by atoms with Crippen molar-refractivity contribution in [1.29, 1.82) is 0 Å². The van der Waals surface area contributed by atoms with Crippen molar-refractivity contribution in [3.05, 3.63) is 24.5 Å². The minimum Gasteiger partial charge on any atom is -0.472 e. The van der Waals surface area contributed by atoms with E-state index < -0.39 is 0 Å². The van der Waals surface area contributed by atoms with Gasteiger partial charge in [0.25, 0.3) is 0 Å². The maximum atomic E-state index is 9.21. The van der Waals surface area contributed by atoms with Crippen molar-refractivity contribution in [2.24, 2.45) is 0 Å². The third-order valence-corrected chi connectivity index (χ3v) is 2.58. The number of hydrogen-bond donors (Lipinski definition) is 1. The molecule has 1 N–H and O–H groups in total. The van der Waals surface area contributed by atoms with Gasteiger partial charge in [-0.15, -0.1) is 0 Å². The second-order valence-corrected chi connectivity index (χ2v) is 4.40. The molecule has 0 aliphatic heterocycles. The van der Waals surface area contributed by atoms with Gasteiger partial charge >= 0.3 is 0 Å². The van der Waals surface area contributed by atoms with Crippen molar-refractivity contribution in [3.8, 4) is 11.4 Å². The summed E-state index contributed by atoms with van der Waals surface area (Å²) in [5.74, 6) is 1.09. The van der Waals surface area contributed by atoms with Crippen LogP contribution in [0.4, 0.5) is 0 Å². The number of rotatable bonds is 6. The Balaban J connectivity index is 1.90. The highest BCUT2D eigenvalue weighted by Gasteiger charge is 2.11. The van der Waals surface area contributed by atoms with E-state index in [0.717, 1.165) is 18.5 Å². The lowest BCUT2D eigenvalue weighted by atomic mass is 10.3. The number of aromatic nitrogens is 2. The predicted octanol–water partition coefficient (Wildman–Crippen LogP) is 1.53. The Hall–Kier alpha value is -1.66. The van der Waals surface area contributed by atoms with Gasteiger partial charge in [0.05, 0.1) is 24.5 Å². The van der Waals surface area contributed by atoms with E-state index in [2.05, 4.69) is 10.1 Å². The van der Waals surface area contributed by atoms with Crippen molar-refractivity contribution in [2.75, 3.05) is 13.6 Å². The van der Waals surface area contributed by atoms with Crippen LogP contribution < -0.4 is 0 Å². The van der Waals surface area contributed by atoms with Gasteiger partial charge in [0.1, 0.15) is 6.26 Å². The SMILES string of the molecule is CC(O)CCN(C)Cc1nc(-c2ccoc2)no1. The molecule has 6 heteroatoms. The third kappa shape index (κ3) is 3.41. The Morgan fingerprint density at radius 3 is 3.00 bits per heavy atom. The Morgan fingerprint density at radius 2 is 2.33 bits per heavy atom. The first-order valence-electron chi connectivity index (χ1n) is 5.87. The van der Waals surface area contributed by atoms with Gasteiger partial charge in [0.15, 0.2) is 0 Å². The van der Waals surface area contributed by atoms with E-state index in [1.165, 1.54) is 0 Å². The summed E-state index contributed by atoms with van der Waals surface area (Å²) in [7, 11) is 1.95. The molecule has 1 unspecified atom stereocenters. The summed E-state index contributed by atoms with van der Waals surface area (Å²) in [4.78, 5) is 6.31. The van der Waals surface area contributed by atoms with Crippen molar-refractivity contribution in [1.82, 2.24) is 15.0 Å². The monoisotopic (exact) mass is 251 g/mol. The minimum atomic E-state index is -0.295. The van der Waals surface area contributed by atoms with E-state index in [4.69, 9.17) is 8.94 Å². The summed E-state index contributed by atoms with van der Waals surface area (Å²) in [6, 6.07) is 1.78. The van der Waals surface area contributed by atoms with Crippen LogP contribution in [-0.2, 0) is 6.54 Å². The van der Waals surface area contributed by atoms with Gasteiger partial charge in [0.2, 0.25) is 11.7 Å². The maximum Gasteiger partial charge on any atom is 0.241 e. The Labute approximate surface area is 105 Å². The predicted molar refractivity (Wildman–Crippen MR) is 64.6 cm³/mol. The zero-order chi connectivity index (χ0) is 13.0. The molecular weight excluding hydrogens is 234 g/mol. The quantitative estimate of drug-likeness (QED) is 0.839. The van der Waals surface area contributed by atoms with Crippen LogP contribution >= 0.6 is 0 Å². The lowest BCUT2D eigenvalue weighted by Gasteiger charge is -2.14. The Morgan fingerprint density at radius 1 is 1.50 bits per heavy atom. The summed E-state index contributed by atoms with van der Waals surface area (Å²) in [5, 5.41) is 13.1. The van der Waals surface area contributed by atoms with Gasteiger partial charge in [-0.1, -0.05) is 5.16 Å². The average Bonchev–Trinajstić information content (AvgIpc) is 2.95. The molecular formula is C12H17N3O3. The lowest BCUT2D eigenvalue weighted by molar-refractivity contribution is 0.158. The second kappa shape index (κ2) is 5.79. The highest BCUT2D eigenvalue weighted by atomic mass is 16.5. The van der Waals surface area contributed by atoms with E-state index in [-0.39, 0.29) is 6.10 Å². The molecule has 0 amide bonds. The van der Waals surface area contributed by atoms with E-state index in [1.54, 1.807) is 25.5 Å². The average molecular weight is 251 g/mol. The summed E-state index contributed by atoms with van der Waals surface area (Å²) in [6.45, 7) is 3.12. The summed E-state index contributed by atoms with van der Waals surface area (Å²) in [5.41, 5.74) is 0.802. The molecule has 2 aromatic rings. The van der Waals surface area contributed by atoms with Gasteiger partial charge in [-0.25, -0.2) is 0 Å². The smallest absolute Gasteiger partial charge is 0.241 e. The van der Waals surface area contributed by atoms with Crippen LogP contribution in [0.5, 0.6) is 0 Å². The molecule has 2 heterocycles. The van der Waals surface area contributed by atoms with Crippen molar-refractivity contribution >= 4 is 0 Å². The van der Waals surface area contributed by atoms with E-state index in [0.29, 0.717) is 18.3 Å². The van der Waals surface area contributed by atoms with Gasteiger partial charge in [-0.2, -0.15) is 4.98 Å². The summed E-state index contributed by atoms with van der Waals surface area (Å²) < 4.78 is 10.1. The molecule has 0 spiro atoms. The van der Waals surface area contributed by atoms with Crippen molar-refractivity contribution in [2.45, 2.75) is 26.0 Å². The van der Waals surface area contributed by atoms with Crippen LogP contribution in [0.15, 0.2) is 27.5 Å². The molecule has 0 aromatic carbocycles. The molecule has 1 atom stereocenters. The summed E-state index contributed by atoms with van der Waals surface area (Å²) >= 11 is 0. The first-order chi connectivity index (χ1) is 8.65. The summed E-state index contributed by atoms with van der Waals surface area (Å²) in [6.07, 6.45) is 3.57. The third-order valence-electron chi connectivity index (χ3n) is 2.58. The van der Waals surface area contributed by atoms with Crippen LogP contribution in [0.25, 0.3) is 11.4 Å². The molecule has 0 radical (unpaired) electrons. The fraction of sp³-hybridized carbons (Fsp3) is 0.500. The molecule has 0 fully saturated rings. The number of furan rings is 1. The second-order valence-electron chi connectivity index (χ2n) is 4.40. The molecule has 0 saturated heterocycles. The molecule has 6 nitrogen and oxygen atoms in total. The van der Waals surface area contributed by atoms with Crippen LogP contribution in [0.3, 0.4) is 0 Å². The highest BCUT2D eigenvalue weighted by Crippen LogP contribution is 2.16. The van der Waals surface area contributed by atoms with Gasteiger partial charge in [-0.3, -0.25) is 4.90 Å². The van der Waals surface area contributed by atoms with Crippen molar-refractivity contribution in [3.63, 3.8) is 0 Å². The van der Waals surface area contributed by atoms with Crippen molar-refractivity contribution < 1.29 is 14.0 Å². The first kappa shape index (κ1) is 12.8. The molecule has 2 rings (SSSR count). The number of aliphatic hydroxyl groups excluding tert-OH is 1. The number of nitrogens with zero attached hydrogens (tertiary/aromatic N) is 3. The molecule has 0 aliphatic rings.